The summed E-state index contributed by atoms with van der Waals surface area (Å²) in [5, 5.41) is 4.13. The van der Waals surface area contributed by atoms with Gasteiger partial charge in [0, 0.05) is 22.6 Å². The summed E-state index contributed by atoms with van der Waals surface area (Å²) in [4.78, 5) is 19.3. The molecular weight excluding hydrogens is 362 g/mol. The third-order valence-corrected chi connectivity index (χ3v) is 4.87. The Morgan fingerprint density at radius 2 is 1.93 bits per heavy atom. The third-order valence-electron chi connectivity index (χ3n) is 4.64. The Balaban J connectivity index is 1.77. The molecule has 0 saturated carbocycles. The van der Waals surface area contributed by atoms with Crippen LogP contribution in [0, 0.1) is 6.92 Å². The largest absolute Gasteiger partial charge is 0.497 e. The molecule has 2 heterocycles. The maximum atomic E-state index is 13.1. The average molecular weight is 380 g/mol. The number of hydrogen-bond donors (Lipinski definition) is 1. The summed E-state index contributed by atoms with van der Waals surface area (Å²) in [6.45, 7) is 1.97. The van der Waals surface area contributed by atoms with Crippen LogP contribution in [0.5, 0.6) is 5.75 Å². The highest BCUT2D eigenvalue weighted by molar-refractivity contribution is 6.30. The first-order valence-corrected chi connectivity index (χ1v) is 8.91. The number of fused-ring (bicyclic) bond motifs is 1. The van der Waals surface area contributed by atoms with Crippen molar-refractivity contribution in [3.05, 3.63) is 82.6 Å². The van der Waals surface area contributed by atoms with Gasteiger partial charge in [0.2, 0.25) is 0 Å². The minimum absolute atomic E-state index is 0.0904. The molecule has 0 bridgehead atoms. The molecule has 136 valence electrons. The van der Waals surface area contributed by atoms with E-state index in [0.29, 0.717) is 16.3 Å². The molecule has 1 aromatic heterocycles. The molecule has 1 unspecified atom stereocenters. The molecule has 3 aromatic rings. The molecular formula is C21H18ClN3O2. The Labute approximate surface area is 162 Å². The number of hydrogen-bond acceptors (Lipinski definition) is 4. The summed E-state index contributed by atoms with van der Waals surface area (Å²) >= 11 is 6.07. The molecule has 2 aromatic carbocycles. The minimum atomic E-state index is -0.415. The summed E-state index contributed by atoms with van der Waals surface area (Å²) < 4.78 is 5.23. The van der Waals surface area contributed by atoms with Crippen LogP contribution in [-0.2, 0) is 0 Å². The molecule has 5 nitrogen and oxygen atoms in total. The number of nitrogens with one attached hydrogen (secondary N) is 1. The molecule has 27 heavy (non-hydrogen) atoms. The lowest BCUT2D eigenvalue weighted by Gasteiger charge is -2.27. The minimum Gasteiger partial charge on any atom is -0.497 e. The van der Waals surface area contributed by atoms with Gasteiger partial charge in [0.1, 0.15) is 5.75 Å². The van der Waals surface area contributed by atoms with Crippen LogP contribution in [0.3, 0.4) is 0 Å². The lowest BCUT2D eigenvalue weighted by atomic mass is 10.1. The number of carbonyl (C=O) groups is 1. The van der Waals surface area contributed by atoms with Gasteiger partial charge in [-0.1, -0.05) is 11.6 Å². The van der Waals surface area contributed by atoms with Crippen molar-refractivity contribution in [2.24, 2.45) is 0 Å². The standard InChI is InChI=1S/C21H18ClN3O2/c1-13-12-14(22)5-10-18(13)24-20-19-17(4-3-11-23-19)21(26)25(20)15-6-8-16(27-2)9-7-15/h3-12,20,24H,1-2H3. The van der Waals surface area contributed by atoms with Crippen LogP contribution in [0.15, 0.2) is 60.8 Å². The van der Waals surface area contributed by atoms with Crippen molar-refractivity contribution in [3.63, 3.8) is 0 Å². The summed E-state index contributed by atoms with van der Waals surface area (Å²) in [6, 6.07) is 16.6. The number of carbonyl (C=O) groups excluding carboxylic acids is 1. The van der Waals surface area contributed by atoms with Crippen molar-refractivity contribution in [2.75, 3.05) is 17.3 Å². The number of nitrogens with zero attached hydrogens (tertiary/aromatic N) is 2. The van der Waals surface area contributed by atoms with E-state index in [-0.39, 0.29) is 5.91 Å². The Bertz CT molecular complexity index is 1000. The van der Waals surface area contributed by atoms with E-state index >= 15 is 0 Å². The van der Waals surface area contributed by atoms with Gasteiger partial charge in [0.15, 0.2) is 6.17 Å². The Morgan fingerprint density at radius 1 is 1.15 bits per heavy atom. The van der Waals surface area contributed by atoms with Gasteiger partial charge in [0.25, 0.3) is 5.91 Å². The van der Waals surface area contributed by atoms with E-state index in [1.807, 2.05) is 49.4 Å². The van der Waals surface area contributed by atoms with E-state index in [1.54, 1.807) is 30.3 Å². The third kappa shape index (κ3) is 3.11. The maximum absolute atomic E-state index is 13.1. The smallest absolute Gasteiger partial charge is 0.262 e. The molecule has 4 rings (SSSR count). The van der Waals surface area contributed by atoms with Crippen LogP contribution in [0.4, 0.5) is 11.4 Å². The normalized spacial score (nSPS) is 15.6. The number of rotatable bonds is 4. The Morgan fingerprint density at radius 3 is 2.63 bits per heavy atom. The van der Waals surface area contributed by atoms with Crippen LogP contribution < -0.4 is 15.0 Å². The lowest BCUT2D eigenvalue weighted by Crippen LogP contribution is -2.32. The zero-order chi connectivity index (χ0) is 19.0. The average Bonchev–Trinajstić information content (AvgIpc) is 2.96. The number of benzene rings is 2. The van der Waals surface area contributed by atoms with Crippen LogP contribution in [0.1, 0.15) is 27.8 Å². The zero-order valence-electron chi connectivity index (χ0n) is 14.9. The molecule has 1 amide bonds. The SMILES string of the molecule is COc1ccc(N2C(=O)c3cccnc3C2Nc2ccc(Cl)cc2C)cc1. The fourth-order valence-electron chi connectivity index (χ4n) is 3.26. The number of anilines is 2. The van der Waals surface area contributed by atoms with E-state index in [4.69, 9.17) is 16.3 Å². The number of methoxy groups -OCH3 is 1. The van der Waals surface area contributed by atoms with Crippen LogP contribution in [-0.4, -0.2) is 18.0 Å². The first-order valence-electron chi connectivity index (χ1n) is 8.53. The van der Waals surface area contributed by atoms with E-state index in [2.05, 4.69) is 10.3 Å². The zero-order valence-corrected chi connectivity index (χ0v) is 15.7. The number of pyridine rings is 1. The molecule has 6 heteroatoms. The van der Waals surface area contributed by atoms with E-state index in [9.17, 15) is 4.79 Å². The molecule has 1 N–H and O–H groups in total. The maximum Gasteiger partial charge on any atom is 0.262 e. The van der Waals surface area contributed by atoms with Gasteiger partial charge in [-0.05, 0) is 67.1 Å². The fourth-order valence-corrected chi connectivity index (χ4v) is 3.49. The van der Waals surface area contributed by atoms with Crippen molar-refractivity contribution >= 4 is 28.9 Å². The van der Waals surface area contributed by atoms with Gasteiger partial charge in [0.05, 0.1) is 18.4 Å². The molecule has 1 aliphatic rings. The number of ether oxygens (including phenoxy) is 1. The van der Waals surface area contributed by atoms with Crippen molar-refractivity contribution in [2.45, 2.75) is 13.1 Å². The second kappa shape index (κ2) is 6.93. The van der Waals surface area contributed by atoms with Crippen molar-refractivity contribution in [1.29, 1.82) is 0 Å². The van der Waals surface area contributed by atoms with Crippen LogP contribution >= 0.6 is 11.6 Å². The topological polar surface area (TPSA) is 54.5 Å². The highest BCUT2D eigenvalue weighted by atomic mass is 35.5. The summed E-state index contributed by atoms with van der Waals surface area (Å²) in [5.41, 5.74) is 3.95. The monoisotopic (exact) mass is 379 g/mol. The first-order chi connectivity index (χ1) is 13.1. The second-order valence-corrected chi connectivity index (χ2v) is 6.75. The highest BCUT2D eigenvalue weighted by Gasteiger charge is 2.39. The van der Waals surface area contributed by atoms with Gasteiger partial charge in [-0.3, -0.25) is 14.7 Å². The fraction of sp³-hybridized carbons (Fsp3) is 0.143. The van der Waals surface area contributed by atoms with E-state index in [1.165, 1.54) is 0 Å². The second-order valence-electron chi connectivity index (χ2n) is 6.32. The first kappa shape index (κ1) is 17.4. The lowest BCUT2D eigenvalue weighted by molar-refractivity contribution is 0.0993. The van der Waals surface area contributed by atoms with Crippen LogP contribution in [0.25, 0.3) is 0 Å². The number of aryl methyl sites for hydroxylation is 1. The predicted molar refractivity (Wildman–Crippen MR) is 107 cm³/mol. The predicted octanol–water partition coefficient (Wildman–Crippen LogP) is 4.82. The van der Waals surface area contributed by atoms with Gasteiger partial charge in [-0.25, -0.2) is 0 Å². The van der Waals surface area contributed by atoms with E-state index < -0.39 is 6.17 Å². The van der Waals surface area contributed by atoms with Crippen molar-refractivity contribution in [3.8, 4) is 5.75 Å². The summed E-state index contributed by atoms with van der Waals surface area (Å²) in [7, 11) is 1.61. The summed E-state index contributed by atoms with van der Waals surface area (Å²) in [6.07, 6.45) is 1.29. The Hall–Kier alpha value is -3.05. The molecule has 0 saturated heterocycles. The number of amides is 1. The molecule has 0 spiro atoms. The quantitative estimate of drug-likeness (QED) is 0.705. The van der Waals surface area contributed by atoms with Gasteiger partial charge in [-0.2, -0.15) is 0 Å². The highest BCUT2D eigenvalue weighted by Crippen LogP contribution is 2.38. The Kier molecular flexibility index (Phi) is 4.46. The van der Waals surface area contributed by atoms with Gasteiger partial charge < -0.3 is 10.1 Å². The number of halogens is 1. The molecule has 1 atom stereocenters. The molecule has 0 aliphatic carbocycles. The summed E-state index contributed by atoms with van der Waals surface area (Å²) in [5.74, 6) is 0.645. The van der Waals surface area contributed by atoms with Gasteiger partial charge >= 0.3 is 0 Å². The van der Waals surface area contributed by atoms with E-state index in [0.717, 1.165) is 22.7 Å². The van der Waals surface area contributed by atoms with Gasteiger partial charge in [-0.15, -0.1) is 0 Å². The number of aromatic nitrogens is 1. The molecule has 1 aliphatic heterocycles. The molecule has 0 radical (unpaired) electrons. The molecule has 0 fully saturated rings. The van der Waals surface area contributed by atoms with Crippen LogP contribution in [0.2, 0.25) is 5.02 Å². The van der Waals surface area contributed by atoms with Crippen molar-refractivity contribution < 1.29 is 9.53 Å². The van der Waals surface area contributed by atoms with Crippen molar-refractivity contribution in [1.82, 2.24) is 4.98 Å².